The molecule has 3 N–H and O–H groups in total. The van der Waals surface area contributed by atoms with Crippen LogP contribution >= 0.6 is 11.6 Å². The van der Waals surface area contributed by atoms with Gasteiger partial charge in [0.25, 0.3) is 0 Å². The predicted octanol–water partition coefficient (Wildman–Crippen LogP) is 3.46. The number of carbonyl (C=O) groups is 1. The summed E-state index contributed by atoms with van der Waals surface area (Å²) in [5.41, 5.74) is 8.49. The molecule has 1 aromatic carbocycles. The van der Waals surface area contributed by atoms with Gasteiger partial charge in [-0.1, -0.05) is 41.9 Å². The molecule has 5 heteroatoms. The third-order valence-corrected chi connectivity index (χ3v) is 3.45. The van der Waals surface area contributed by atoms with Gasteiger partial charge >= 0.3 is 0 Å². The Morgan fingerprint density at radius 3 is 2.67 bits per heavy atom. The Hall–Kier alpha value is -1.91. The molecule has 0 saturated carbocycles. The van der Waals surface area contributed by atoms with Crippen molar-refractivity contribution in [3.05, 3.63) is 58.9 Å². The number of amides is 1. The van der Waals surface area contributed by atoms with Crippen molar-refractivity contribution in [3.8, 4) is 0 Å². The average molecular weight is 304 g/mol. The van der Waals surface area contributed by atoms with Crippen LogP contribution in [0.5, 0.6) is 0 Å². The quantitative estimate of drug-likeness (QED) is 0.831. The van der Waals surface area contributed by atoms with E-state index in [4.69, 9.17) is 17.3 Å². The number of halogens is 1. The third-order valence-electron chi connectivity index (χ3n) is 3.24. The largest absolute Gasteiger partial charge is 0.325 e. The number of pyridine rings is 1. The standard InChI is InChI=1S/C16H18ClN3O/c1-11-14(8-9-15(17)19-11)20-16(21)10-7-13(18)12-5-3-2-4-6-12/h2-6,8-9,13H,7,10,18H2,1H3,(H,20,21). The molecular formula is C16H18ClN3O. The van der Waals surface area contributed by atoms with Crippen molar-refractivity contribution in [1.29, 1.82) is 0 Å². The number of anilines is 1. The molecule has 0 aliphatic rings. The third kappa shape index (κ3) is 4.55. The zero-order chi connectivity index (χ0) is 15.2. The van der Waals surface area contributed by atoms with Crippen molar-refractivity contribution in [3.63, 3.8) is 0 Å². The summed E-state index contributed by atoms with van der Waals surface area (Å²) in [6, 6.07) is 13.0. The van der Waals surface area contributed by atoms with E-state index in [9.17, 15) is 4.79 Å². The minimum absolute atomic E-state index is 0.0754. The van der Waals surface area contributed by atoms with E-state index in [1.807, 2.05) is 30.3 Å². The molecule has 0 radical (unpaired) electrons. The number of carbonyl (C=O) groups excluding carboxylic acids is 1. The summed E-state index contributed by atoms with van der Waals surface area (Å²) in [5, 5.41) is 3.24. The molecule has 0 spiro atoms. The van der Waals surface area contributed by atoms with E-state index >= 15 is 0 Å². The Kier molecular flexibility index (Phi) is 5.31. The fraction of sp³-hybridized carbons (Fsp3) is 0.250. The predicted molar refractivity (Wildman–Crippen MR) is 85.2 cm³/mol. The molecule has 0 aliphatic carbocycles. The van der Waals surface area contributed by atoms with E-state index in [1.165, 1.54) is 0 Å². The van der Waals surface area contributed by atoms with Crippen LogP contribution in [0.1, 0.15) is 30.1 Å². The fourth-order valence-electron chi connectivity index (χ4n) is 2.03. The van der Waals surface area contributed by atoms with Crippen LogP contribution in [0.4, 0.5) is 5.69 Å². The van der Waals surface area contributed by atoms with Gasteiger partial charge in [-0.25, -0.2) is 4.98 Å². The van der Waals surface area contributed by atoms with E-state index in [0.29, 0.717) is 29.4 Å². The van der Waals surface area contributed by atoms with Crippen LogP contribution < -0.4 is 11.1 Å². The van der Waals surface area contributed by atoms with Crippen LogP contribution in [-0.4, -0.2) is 10.9 Å². The summed E-state index contributed by atoms with van der Waals surface area (Å²) in [5.74, 6) is -0.0754. The summed E-state index contributed by atoms with van der Waals surface area (Å²) in [6.07, 6.45) is 0.952. The van der Waals surface area contributed by atoms with Crippen LogP contribution in [0.2, 0.25) is 5.15 Å². The van der Waals surface area contributed by atoms with Crippen LogP contribution in [0.25, 0.3) is 0 Å². The molecule has 1 heterocycles. The lowest BCUT2D eigenvalue weighted by Crippen LogP contribution is -2.17. The lowest BCUT2D eigenvalue weighted by atomic mass is 10.0. The Balaban J connectivity index is 1.87. The first-order chi connectivity index (χ1) is 10.1. The number of hydrogen-bond acceptors (Lipinski definition) is 3. The van der Waals surface area contributed by atoms with Crippen LogP contribution in [0, 0.1) is 6.92 Å². The summed E-state index contributed by atoms with van der Waals surface area (Å²) >= 11 is 5.78. The second kappa shape index (κ2) is 7.20. The first kappa shape index (κ1) is 15.5. The molecule has 0 aliphatic heterocycles. The van der Waals surface area contributed by atoms with Crippen LogP contribution in [-0.2, 0) is 4.79 Å². The first-order valence-electron chi connectivity index (χ1n) is 6.80. The molecule has 4 nitrogen and oxygen atoms in total. The van der Waals surface area contributed by atoms with E-state index in [1.54, 1.807) is 19.1 Å². The highest BCUT2D eigenvalue weighted by molar-refractivity contribution is 6.29. The Bertz CT molecular complexity index is 616. The number of aromatic nitrogens is 1. The van der Waals surface area contributed by atoms with Crippen molar-refractivity contribution in [2.45, 2.75) is 25.8 Å². The van der Waals surface area contributed by atoms with Gasteiger partial charge in [-0.15, -0.1) is 0 Å². The number of benzene rings is 1. The maximum atomic E-state index is 12.0. The molecule has 1 amide bonds. The summed E-state index contributed by atoms with van der Waals surface area (Å²) in [4.78, 5) is 16.1. The highest BCUT2D eigenvalue weighted by atomic mass is 35.5. The zero-order valence-electron chi connectivity index (χ0n) is 11.8. The van der Waals surface area contributed by atoms with Crippen molar-refractivity contribution < 1.29 is 4.79 Å². The van der Waals surface area contributed by atoms with Gasteiger partial charge in [0, 0.05) is 12.5 Å². The molecule has 2 rings (SSSR count). The topological polar surface area (TPSA) is 68.0 Å². The molecule has 1 unspecified atom stereocenters. The van der Waals surface area contributed by atoms with Gasteiger partial charge in [-0.2, -0.15) is 0 Å². The monoisotopic (exact) mass is 303 g/mol. The average Bonchev–Trinajstić information content (AvgIpc) is 2.48. The summed E-state index contributed by atoms with van der Waals surface area (Å²) in [7, 11) is 0. The number of nitrogens with one attached hydrogen (secondary N) is 1. The van der Waals surface area contributed by atoms with Crippen molar-refractivity contribution in [2.24, 2.45) is 5.73 Å². The lowest BCUT2D eigenvalue weighted by Gasteiger charge is -2.12. The van der Waals surface area contributed by atoms with Crippen LogP contribution in [0.15, 0.2) is 42.5 Å². The van der Waals surface area contributed by atoms with Gasteiger partial charge < -0.3 is 11.1 Å². The number of nitrogens with two attached hydrogens (primary N) is 1. The Morgan fingerprint density at radius 1 is 1.29 bits per heavy atom. The molecule has 21 heavy (non-hydrogen) atoms. The maximum Gasteiger partial charge on any atom is 0.224 e. The molecule has 0 fully saturated rings. The zero-order valence-corrected chi connectivity index (χ0v) is 12.6. The SMILES string of the molecule is Cc1nc(Cl)ccc1NC(=O)CCC(N)c1ccccc1. The van der Waals surface area contributed by atoms with Gasteiger partial charge in [0.15, 0.2) is 0 Å². The Labute approximate surface area is 129 Å². The lowest BCUT2D eigenvalue weighted by molar-refractivity contribution is -0.116. The van der Waals surface area contributed by atoms with E-state index < -0.39 is 0 Å². The second-order valence-electron chi connectivity index (χ2n) is 4.87. The number of rotatable bonds is 5. The fourth-order valence-corrected chi connectivity index (χ4v) is 2.22. The van der Waals surface area contributed by atoms with Crippen molar-refractivity contribution >= 4 is 23.2 Å². The highest BCUT2D eigenvalue weighted by Crippen LogP contribution is 2.18. The van der Waals surface area contributed by atoms with Gasteiger partial charge in [0.2, 0.25) is 5.91 Å². The molecular weight excluding hydrogens is 286 g/mol. The molecule has 2 aromatic rings. The van der Waals surface area contributed by atoms with Gasteiger partial charge in [0.05, 0.1) is 11.4 Å². The van der Waals surface area contributed by atoms with Crippen molar-refractivity contribution in [1.82, 2.24) is 4.98 Å². The van der Waals surface area contributed by atoms with E-state index in [0.717, 1.165) is 5.56 Å². The van der Waals surface area contributed by atoms with Crippen molar-refractivity contribution in [2.75, 3.05) is 5.32 Å². The number of hydrogen-bond donors (Lipinski definition) is 2. The second-order valence-corrected chi connectivity index (χ2v) is 5.26. The van der Waals surface area contributed by atoms with Crippen LogP contribution in [0.3, 0.4) is 0 Å². The minimum atomic E-state index is -0.138. The smallest absolute Gasteiger partial charge is 0.224 e. The van der Waals surface area contributed by atoms with Gasteiger partial charge in [-0.05, 0) is 31.0 Å². The Morgan fingerprint density at radius 2 is 2.00 bits per heavy atom. The summed E-state index contributed by atoms with van der Waals surface area (Å²) in [6.45, 7) is 1.80. The minimum Gasteiger partial charge on any atom is -0.325 e. The normalized spacial score (nSPS) is 12.0. The maximum absolute atomic E-state index is 12.0. The first-order valence-corrected chi connectivity index (χ1v) is 7.17. The molecule has 0 saturated heterocycles. The molecule has 1 atom stereocenters. The highest BCUT2D eigenvalue weighted by Gasteiger charge is 2.10. The molecule has 110 valence electrons. The van der Waals surface area contributed by atoms with Gasteiger partial charge in [-0.3, -0.25) is 4.79 Å². The van der Waals surface area contributed by atoms with Gasteiger partial charge in [0.1, 0.15) is 5.15 Å². The van der Waals surface area contributed by atoms with E-state index in [-0.39, 0.29) is 11.9 Å². The summed E-state index contributed by atoms with van der Waals surface area (Å²) < 4.78 is 0. The molecule has 1 aromatic heterocycles. The van der Waals surface area contributed by atoms with E-state index in [2.05, 4.69) is 10.3 Å². The molecule has 0 bridgehead atoms. The number of nitrogens with zero attached hydrogens (tertiary/aromatic N) is 1. The number of aryl methyl sites for hydroxylation is 1.